The van der Waals surface area contributed by atoms with Gasteiger partial charge in [0.2, 0.25) is 0 Å². The zero-order chi connectivity index (χ0) is 11.0. The molecular weight excluding hydrogens is 202 g/mol. The maximum Gasteiger partial charge on any atom is 0.168 e. The first-order valence-electron chi connectivity index (χ1n) is 4.71. The van der Waals surface area contributed by atoms with Gasteiger partial charge in [0, 0.05) is 30.0 Å². The van der Waals surface area contributed by atoms with E-state index in [1.165, 1.54) is 6.92 Å². The van der Waals surface area contributed by atoms with Gasteiger partial charge in [-0.05, 0) is 6.92 Å². The minimum atomic E-state index is -0.688. The monoisotopic (exact) mass is 212 g/mol. The topological polar surface area (TPSA) is 26.3 Å². The molecule has 1 aromatic rings. The SMILES string of the molecule is CC(=O)Cc1c(F)cc(F)c2c1CCO2. The lowest BCUT2D eigenvalue weighted by atomic mass is 10.00. The largest absolute Gasteiger partial charge is 0.490 e. The van der Waals surface area contributed by atoms with Crippen molar-refractivity contribution in [2.75, 3.05) is 6.61 Å². The second-order valence-electron chi connectivity index (χ2n) is 3.60. The molecule has 4 heteroatoms. The summed E-state index contributed by atoms with van der Waals surface area (Å²) in [4.78, 5) is 10.9. The molecule has 0 unspecified atom stereocenters. The summed E-state index contributed by atoms with van der Waals surface area (Å²) in [5, 5.41) is 0. The van der Waals surface area contributed by atoms with Crippen LogP contribution in [0.4, 0.5) is 8.78 Å². The molecule has 15 heavy (non-hydrogen) atoms. The fourth-order valence-electron chi connectivity index (χ4n) is 1.80. The van der Waals surface area contributed by atoms with Crippen molar-refractivity contribution in [3.8, 4) is 5.75 Å². The number of halogens is 2. The highest BCUT2D eigenvalue weighted by molar-refractivity contribution is 5.79. The van der Waals surface area contributed by atoms with E-state index < -0.39 is 11.6 Å². The van der Waals surface area contributed by atoms with Crippen molar-refractivity contribution < 1.29 is 18.3 Å². The van der Waals surface area contributed by atoms with Gasteiger partial charge in [-0.1, -0.05) is 0 Å². The number of Topliss-reactive ketones (excluding diaryl/α,β-unsaturated/α-hetero) is 1. The molecule has 0 spiro atoms. The van der Waals surface area contributed by atoms with Gasteiger partial charge < -0.3 is 4.74 Å². The molecule has 80 valence electrons. The summed E-state index contributed by atoms with van der Waals surface area (Å²) in [6, 6.07) is 0.780. The average molecular weight is 212 g/mol. The molecular formula is C11H10F2O2. The van der Waals surface area contributed by atoms with Crippen molar-refractivity contribution in [3.05, 3.63) is 28.8 Å². The Bertz CT molecular complexity index is 427. The van der Waals surface area contributed by atoms with Crippen LogP contribution in [0.2, 0.25) is 0 Å². The van der Waals surface area contributed by atoms with Gasteiger partial charge in [-0.15, -0.1) is 0 Å². The predicted molar refractivity (Wildman–Crippen MR) is 49.9 cm³/mol. The minimum Gasteiger partial charge on any atom is -0.490 e. The average Bonchev–Trinajstić information content (AvgIpc) is 2.60. The van der Waals surface area contributed by atoms with Gasteiger partial charge in [0.25, 0.3) is 0 Å². The van der Waals surface area contributed by atoms with Crippen molar-refractivity contribution in [1.29, 1.82) is 0 Å². The number of carbonyl (C=O) groups excluding carboxylic acids is 1. The molecule has 0 bridgehead atoms. The summed E-state index contributed by atoms with van der Waals surface area (Å²) in [7, 11) is 0. The summed E-state index contributed by atoms with van der Waals surface area (Å²) in [6.07, 6.45) is 0.463. The van der Waals surface area contributed by atoms with Crippen LogP contribution >= 0.6 is 0 Å². The third-order valence-corrected chi connectivity index (χ3v) is 2.42. The first kappa shape index (κ1) is 10.1. The number of ether oxygens (including phenoxy) is 1. The number of hydrogen-bond donors (Lipinski definition) is 0. The van der Waals surface area contributed by atoms with Crippen LogP contribution in [-0.2, 0) is 17.6 Å². The Kier molecular flexibility index (Phi) is 2.42. The summed E-state index contributed by atoms with van der Waals surface area (Å²) in [5.74, 6) is -1.39. The predicted octanol–water partition coefficient (Wildman–Crippen LogP) is 2.03. The third kappa shape index (κ3) is 1.71. The number of fused-ring (bicyclic) bond motifs is 1. The number of ketones is 1. The van der Waals surface area contributed by atoms with Crippen molar-refractivity contribution >= 4 is 5.78 Å². The van der Waals surface area contributed by atoms with E-state index in [-0.39, 0.29) is 23.5 Å². The number of benzene rings is 1. The smallest absolute Gasteiger partial charge is 0.168 e. The van der Waals surface area contributed by atoms with E-state index in [2.05, 4.69) is 0 Å². The van der Waals surface area contributed by atoms with Crippen LogP contribution in [0, 0.1) is 11.6 Å². The Hall–Kier alpha value is -1.45. The molecule has 1 aliphatic heterocycles. The Labute approximate surface area is 85.9 Å². The Balaban J connectivity index is 2.54. The summed E-state index contributed by atoms with van der Waals surface area (Å²) in [5.41, 5.74) is 0.777. The van der Waals surface area contributed by atoms with Crippen LogP contribution in [0.15, 0.2) is 6.07 Å². The van der Waals surface area contributed by atoms with Crippen LogP contribution in [-0.4, -0.2) is 12.4 Å². The van der Waals surface area contributed by atoms with Gasteiger partial charge in [0.15, 0.2) is 11.6 Å². The normalized spacial score (nSPS) is 13.5. The maximum absolute atomic E-state index is 13.4. The van der Waals surface area contributed by atoms with E-state index >= 15 is 0 Å². The van der Waals surface area contributed by atoms with Crippen molar-refractivity contribution in [2.24, 2.45) is 0 Å². The maximum atomic E-state index is 13.4. The highest BCUT2D eigenvalue weighted by Crippen LogP contribution is 2.33. The highest BCUT2D eigenvalue weighted by Gasteiger charge is 2.24. The zero-order valence-corrected chi connectivity index (χ0v) is 8.27. The molecule has 1 aliphatic rings. The third-order valence-electron chi connectivity index (χ3n) is 2.42. The quantitative estimate of drug-likeness (QED) is 0.749. The van der Waals surface area contributed by atoms with E-state index in [0.717, 1.165) is 6.07 Å². The van der Waals surface area contributed by atoms with E-state index in [1.54, 1.807) is 0 Å². The van der Waals surface area contributed by atoms with Gasteiger partial charge >= 0.3 is 0 Å². The molecule has 0 radical (unpaired) electrons. The summed E-state index contributed by atoms with van der Waals surface area (Å²) >= 11 is 0. The standard InChI is InChI=1S/C11H10F2O2/c1-6(14)4-8-7-2-3-15-11(7)10(13)5-9(8)12/h5H,2-4H2,1H3. The van der Waals surface area contributed by atoms with Gasteiger partial charge in [-0.25, -0.2) is 8.78 Å². The van der Waals surface area contributed by atoms with Gasteiger partial charge in [-0.3, -0.25) is 4.79 Å². The van der Waals surface area contributed by atoms with Gasteiger partial charge in [-0.2, -0.15) is 0 Å². The molecule has 2 rings (SSSR count). The zero-order valence-electron chi connectivity index (χ0n) is 8.27. The fourth-order valence-corrected chi connectivity index (χ4v) is 1.80. The van der Waals surface area contributed by atoms with Crippen LogP contribution in [0.25, 0.3) is 0 Å². The second kappa shape index (κ2) is 3.61. The minimum absolute atomic E-state index is 0.00218. The van der Waals surface area contributed by atoms with Gasteiger partial charge in [0.05, 0.1) is 6.61 Å². The van der Waals surface area contributed by atoms with E-state index in [1.807, 2.05) is 0 Å². The lowest BCUT2D eigenvalue weighted by molar-refractivity contribution is -0.116. The second-order valence-corrected chi connectivity index (χ2v) is 3.60. The van der Waals surface area contributed by atoms with E-state index in [4.69, 9.17) is 4.74 Å². The molecule has 0 saturated carbocycles. The fraction of sp³-hybridized carbons (Fsp3) is 0.364. The molecule has 0 saturated heterocycles. The van der Waals surface area contributed by atoms with Crippen LogP contribution in [0.5, 0.6) is 5.75 Å². The highest BCUT2D eigenvalue weighted by atomic mass is 19.1. The van der Waals surface area contributed by atoms with Crippen molar-refractivity contribution in [1.82, 2.24) is 0 Å². The molecule has 0 fully saturated rings. The Morgan fingerprint density at radius 2 is 2.20 bits per heavy atom. The first-order valence-corrected chi connectivity index (χ1v) is 4.71. The van der Waals surface area contributed by atoms with Crippen LogP contribution in [0.3, 0.4) is 0 Å². The summed E-state index contributed by atoms with van der Waals surface area (Å²) in [6.45, 7) is 1.73. The molecule has 1 heterocycles. The number of carbonyl (C=O) groups is 1. The molecule has 0 aliphatic carbocycles. The molecule has 2 nitrogen and oxygen atoms in total. The van der Waals surface area contributed by atoms with Crippen molar-refractivity contribution in [3.63, 3.8) is 0 Å². The van der Waals surface area contributed by atoms with E-state index in [9.17, 15) is 13.6 Å². The van der Waals surface area contributed by atoms with Gasteiger partial charge in [0.1, 0.15) is 11.6 Å². The lowest BCUT2D eigenvalue weighted by Gasteiger charge is -2.07. The molecule has 0 atom stereocenters. The Morgan fingerprint density at radius 1 is 1.47 bits per heavy atom. The summed E-state index contributed by atoms with van der Waals surface area (Å²) < 4.78 is 31.7. The molecule has 0 amide bonds. The molecule has 1 aromatic carbocycles. The number of hydrogen-bond acceptors (Lipinski definition) is 2. The van der Waals surface area contributed by atoms with Crippen LogP contribution in [0.1, 0.15) is 18.1 Å². The lowest BCUT2D eigenvalue weighted by Crippen LogP contribution is -2.04. The van der Waals surface area contributed by atoms with E-state index in [0.29, 0.717) is 18.6 Å². The Morgan fingerprint density at radius 3 is 2.87 bits per heavy atom. The van der Waals surface area contributed by atoms with Crippen LogP contribution < -0.4 is 4.74 Å². The number of rotatable bonds is 2. The molecule has 0 N–H and O–H groups in total. The molecule has 0 aromatic heterocycles. The first-order chi connectivity index (χ1) is 7.09. The van der Waals surface area contributed by atoms with Crippen molar-refractivity contribution in [2.45, 2.75) is 19.8 Å².